The average molecular weight is 390 g/mol. The van der Waals surface area contributed by atoms with Crippen LogP contribution in [0.5, 0.6) is 0 Å². The van der Waals surface area contributed by atoms with Crippen molar-refractivity contribution in [2.24, 2.45) is 5.92 Å². The summed E-state index contributed by atoms with van der Waals surface area (Å²) in [7, 11) is 1.56. The summed E-state index contributed by atoms with van der Waals surface area (Å²) in [5.74, 6) is -2.03. The minimum absolute atomic E-state index is 0.00575. The Morgan fingerprint density at radius 2 is 2.00 bits per heavy atom. The second-order valence-electron chi connectivity index (χ2n) is 6.04. The van der Waals surface area contributed by atoms with Crippen molar-refractivity contribution in [1.82, 2.24) is 5.32 Å². The highest BCUT2D eigenvalue weighted by molar-refractivity contribution is 5.94. The van der Waals surface area contributed by atoms with Gasteiger partial charge >= 0.3 is 5.97 Å². The fourth-order valence-corrected chi connectivity index (χ4v) is 2.43. The minimum atomic E-state index is -0.964. The van der Waals surface area contributed by atoms with Gasteiger partial charge in [-0.15, -0.1) is 6.58 Å². The van der Waals surface area contributed by atoms with Crippen LogP contribution in [0.15, 0.2) is 36.9 Å². The van der Waals surface area contributed by atoms with Gasteiger partial charge in [0.05, 0.1) is 43.4 Å². The van der Waals surface area contributed by atoms with Gasteiger partial charge in [0.1, 0.15) is 6.79 Å². The standard InChI is InChI=1S/C20H26N2O6/c1-3-4-17(20(24)25)11-18(13-28-14-27-10-9-26-2)22-19(23)16-7-5-15(12-21)6-8-16/h3,5-8,17-18H,1,4,9-11,13-14H2,2H3,(H,22,23)(H,24,25). The van der Waals surface area contributed by atoms with E-state index in [1.165, 1.54) is 18.2 Å². The first-order chi connectivity index (χ1) is 13.5. The van der Waals surface area contributed by atoms with Crippen LogP contribution in [-0.2, 0) is 19.0 Å². The Hall–Kier alpha value is -2.73. The van der Waals surface area contributed by atoms with Crippen molar-refractivity contribution < 1.29 is 28.9 Å². The Labute approximate surface area is 164 Å². The summed E-state index contributed by atoms with van der Waals surface area (Å²) in [6.07, 6.45) is 2.00. The molecule has 8 nitrogen and oxygen atoms in total. The lowest BCUT2D eigenvalue weighted by atomic mass is 9.96. The number of methoxy groups -OCH3 is 1. The SMILES string of the molecule is C=CCC(CC(COCOCCOC)NC(=O)c1ccc(C#N)cc1)C(=O)O. The van der Waals surface area contributed by atoms with Crippen LogP contribution in [0.4, 0.5) is 0 Å². The molecule has 0 bridgehead atoms. The maximum atomic E-state index is 12.5. The Balaban J connectivity index is 2.71. The number of allylic oxidation sites excluding steroid dienone is 1. The predicted octanol–water partition coefficient (Wildman–Crippen LogP) is 1.96. The number of nitrogens with one attached hydrogen (secondary N) is 1. The molecule has 28 heavy (non-hydrogen) atoms. The molecule has 8 heteroatoms. The van der Waals surface area contributed by atoms with Gasteiger partial charge in [-0.1, -0.05) is 6.08 Å². The van der Waals surface area contributed by atoms with Crippen molar-refractivity contribution in [3.8, 4) is 6.07 Å². The first-order valence-corrected chi connectivity index (χ1v) is 8.81. The lowest BCUT2D eigenvalue weighted by Crippen LogP contribution is -2.40. The van der Waals surface area contributed by atoms with Crippen LogP contribution in [0.2, 0.25) is 0 Å². The Bertz CT molecular complexity index is 668. The molecule has 0 aromatic heterocycles. The summed E-state index contributed by atoms with van der Waals surface area (Å²) in [6, 6.07) is 7.62. The number of amides is 1. The summed E-state index contributed by atoms with van der Waals surface area (Å²) in [6.45, 7) is 4.48. The van der Waals surface area contributed by atoms with E-state index in [2.05, 4.69) is 11.9 Å². The number of carbonyl (C=O) groups excluding carboxylic acids is 1. The molecule has 0 radical (unpaired) electrons. The molecule has 152 valence electrons. The predicted molar refractivity (Wildman–Crippen MR) is 102 cm³/mol. The number of hydrogen-bond donors (Lipinski definition) is 2. The maximum absolute atomic E-state index is 12.5. The van der Waals surface area contributed by atoms with Crippen molar-refractivity contribution in [1.29, 1.82) is 5.26 Å². The molecule has 1 amide bonds. The molecule has 0 saturated heterocycles. The molecule has 0 spiro atoms. The van der Waals surface area contributed by atoms with E-state index in [-0.39, 0.29) is 32.1 Å². The van der Waals surface area contributed by atoms with Crippen LogP contribution in [0.25, 0.3) is 0 Å². The van der Waals surface area contributed by atoms with Crippen LogP contribution in [0, 0.1) is 17.2 Å². The number of aliphatic carboxylic acids is 1. The number of hydrogen-bond acceptors (Lipinski definition) is 6. The molecule has 0 saturated carbocycles. The maximum Gasteiger partial charge on any atom is 0.306 e. The van der Waals surface area contributed by atoms with Gasteiger partial charge in [-0.25, -0.2) is 0 Å². The lowest BCUT2D eigenvalue weighted by Gasteiger charge is -2.22. The first-order valence-electron chi connectivity index (χ1n) is 8.81. The molecule has 2 atom stereocenters. The summed E-state index contributed by atoms with van der Waals surface area (Å²) >= 11 is 0. The van der Waals surface area contributed by atoms with Crippen LogP contribution < -0.4 is 5.32 Å². The summed E-state index contributed by atoms with van der Waals surface area (Å²) in [5, 5.41) is 21.0. The quantitative estimate of drug-likeness (QED) is 0.283. The van der Waals surface area contributed by atoms with Crippen molar-refractivity contribution in [2.45, 2.75) is 18.9 Å². The third-order valence-corrected chi connectivity index (χ3v) is 3.90. The smallest absolute Gasteiger partial charge is 0.306 e. The van der Waals surface area contributed by atoms with Gasteiger partial charge in [-0.05, 0) is 37.1 Å². The first kappa shape index (κ1) is 23.3. The van der Waals surface area contributed by atoms with Crippen molar-refractivity contribution in [3.63, 3.8) is 0 Å². The van der Waals surface area contributed by atoms with Gasteiger partial charge in [0.15, 0.2) is 0 Å². The topological polar surface area (TPSA) is 118 Å². The fraction of sp³-hybridized carbons (Fsp3) is 0.450. The third-order valence-electron chi connectivity index (χ3n) is 3.90. The number of carboxylic acids is 1. The van der Waals surface area contributed by atoms with Gasteiger partial charge in [0.2, 0.25) is 0 Å². The van der Waals surface area contributed by atoms with E-state index in [9.17, 15) is 14.7 Å². The molecule has 0 heterocycles. The summed E-state index contributed by atoms with van der Waals surface area (Å²) < 4.78 is 15.5. The van der Waals surface area contributed by atoms with Gasteiger partial charge < -0.3 is 24.6 Å². The van der Waals surface area contributed by atoms with E-state index >= 15 is 0 Å². The number of rotatable bonds is 14. The zero-order valence-electron chi connectivity index (χ0n) is 15.9. The second-order valence-corrected chi connectivity index (χ2v) is 6.04. The minimum Gasteiger partial charge on any atom is -0.481 e. The van der Waals surface area contributed by atoms with E-state index in [0.29, 0.717) is 24.3 Å². The van der Waals surface area contributed by atoms with E-state index in [1.807, 2.05) is 6.07 Å². The average Bonchev–Trinajstić information content (AvgIpc) is 2.69. The molecule has 2 N–H and O–H groups in total. The Kier molecular flexibility index (Phi) is 11.2. The van der Waals surface area contributed by atoms with Gasteiger partial charge in [0, 0.05) is 12.7 Å². The van der Waals surface area contributed by atoms with Crippen LogP contribution in [0.3, 0.4) is 0 Å². The molecule has 0 aliphatic rings. The van der Waals surface area contributed by atoms with E-state index in [4.69, 9.17) is 19.5 Å². The number of carboxylic acid groups (broad SMARTS) is 1. The fourth-order valence-electron chi connectivity index (χ4n) is 2.43. The molecule has 2 unspecified atom stereocenters. The highest BCUT2D eigenvalue weighted by Crippen LogP contribution is 2.14. The van der Waals surface area contributed by atoms with Gasteiger partial charge in [0.25, 0.3) is 5.91 Å². The van der Waals surface area contributed by atoms with Crippen LogP contribution in [-0.4, -0.2) is 56.7 Å². The molecular formula is C20H26N2O6. The van der Waals surface area contributed by atoms with Gasteiger partial charge in [-0.3, -0.25) is 9.59 Å². The Morgan fingerprint density at radius 1 is 1.29 bits per heavy atom. The number of benzene rings is 1. The molecule has 0 aliphatic heterocycles. The normalized spacial score (nSPS) is 12.6. The molecule has 0 fully saturated rings. The number of carbonyl (C=O) groups is 2. The summed E-state index contributed by atoms with van der Waals surface area (Å²) in [4.78, 5) is 23.9. The van der Waals surface area contributed by atoms with E-state index < -0.39 is 17.9 Å². The zero-order chi connectivity index (χ0) is 20.8. The third kappa shape index (κ3) is 8.77. The number of ether oxygens (including phenoxy) is 3. The monoisotopic (exact) mass is 390 g/mol. The van der Waals surface area contributed by atoms with Crippen molar-refractivity contribution in [2.75, 3.05) is 33.7 Å². The largest absolute Gasteiger partial charge is 0.481 e. The molecule has 1 aromatic rings. The highest BCUT2D eigenvalue weighted by atomic mass is 16.7. The second kappa shape index (κ2) is 13.4. The molecular weight excluding hydrogens is 364 g/mol. The number of nitrogens with zero attached hydrogens (tertiary/aromatic N) is 1. The van der Waals surface area contributed by atoms with Crippen molar-refractivity contribution >= 4 is 11.9 Å². The zero-order valence-corrected chi connectivity index (χ0v) is 15.9. The summed E-state index contributed by atoms with van der Waals surface area (Å²) in [5.41, 5.74) is 0.817. The molecule has 1 rings (SSSR count). The van der Waals surface area contributed by atoms with Crippen LogP contribution in [0.1, 0.15) is 28.8 Å². The highest BCUT2D eigenvalue weighted by Gasteiger charge is 2.23. The van der Waals surface area contributed by atoms with E-state index in [1.54, 1.807) is 19.2 Å². The molecule has 0 aliphatic carbocycles. The van der Waals surface area contributed by atoms with Gasteiger partial charge in [-0.2, -0.15) is 5.26 Å². The van der Waals surface area contributed by atoms with Crippen molar-refractivity contribution in [3.05, 3.63) is 48.0 Å². The Morgan fingerprint density at radius 3 is 2.57 bits per heavy atom. The number of nitriles is 1. The molecule has 1 aromatic carbocycles. The van der Waals surface area contributed by atoms with E-state index in [0.717, 1.165) is 0 Å². The lowest BCUT2D eigenvalue weighted by molar-refractivity contribution is -0.142. The van der Waals surface area contributed by atoms with Crippen LogP contribution >= 0.6 is 0 Å².